The van der Waals surface area contributed by atoms with Crippen LogP contribution in [0.4, 0.5) is 0 Å². The number of fused-ring (bicyclic) bond motifs is 1. The molecule has 0 aliphatic heterocycles. The number of unbranched alkanes of at least 4 members (excludes halogenated alkanes) is 8. The molecule has 146 valence electrons. The highest BCUT2D eigenvalue weighted by Gasteiger charge is 2.22. The van der Waals surface area contributed by atoms with Crippen LogP contribution in [0, 0.1) is 0 Å². The number of carbonyl (C=O) groups excluding carboxylic acids is 1. The minimum absolute atomic E-state index is 0.235. The van der Waals surface area contributed by atoms with E-state index in [-0.39, 0.29) is 5.78 Å². The van der Waals surface area contributed by atoms with E-state index < -0.39 is 0 Å². The molecule has 2 rings (SSSR count). The average Bonchev–Trinajstić information content (AvgIpc) is 3.01. The highest BCUT2D eigenvalue weighted by molar-refractivity contribution is 6.01. The zero-order valence-electron chi connectivity index (χ0n) is 16.8. The van der Waals surface area contributed by atoms with Crippen LogP contribution in [-0.2, 0) is 6.42 Å². The maximum atomic E-state index is 12.0. The highest BCUT2D eigenvalue weighted by atomic mass is 16.5. The van der Waals surface area contributed by atoms with E-state index in [0.29, 0.717) is 13.0 Å². The number of ether oxygens (including phenoxy) is 2. The number of aryl methyl sites for hydroxylation is 1. The Labute approximate surface area is 159 Å². The highest BCUT2D eigenvalue weighted by Crippen LogP contribution is 2.35. The van der Waals surface area contributed by atoms with Gasteiger partial charge in [0.2, 0.25) is 0 Å². The second-order valence-electron chi connectivity index (χ2n) is 7.40. The molecular formula is C23H36O3. The van der Waals surface area contributed by atoms with E-state index in [1.807, 2.05) is 12.1 Å². The monoisotopic (exact) mass is 360 g/mol. The van der Waals surface area contributed by atoms with Gasteiger partial charge < -0.3 is 9.47 Å². The molecule has 26 heavy (non-hydrogen) atoms. The van der Waals surface area contributed by atoms with Crippen molar-refractivity contribution in [1.82, 2.24) is 0 Å². The first-order valence-corrected chi connectivity index (χ1v) is 10.7. The summed E-state index contributed by atoms with van der Waals surface area (Å²) in [7, 11) is 0. The molecule has 1 aliphatic rings. The van der Waals surface area contributed by atoms with Crippen LogP contribution in [0.15, 0.2) is 12.1 Å². The molecule has 3 nitrogen and oxygen atoms in total. The smallest absolute Gasteiger partial charge is 0.163 e. The molecule has 0 amide bonds. The molecule has 0 N–H and O–H groups in total. The minimum atomic E-state index is 0.235. The van der Waals surface area contributed by atoms with Gasteiger partial charge >= 0.3 is 0 Å². The Hall–Kier alpha value is -1.51. The predicted molar refractivity (Wildman–Crippen MR) is 108 cm³/mol. The van der Waals surface area contributed by atoms with E-state index >= 15 is 0 Å². The van der Waals surface area contributed by atoms with Crippen molar-refractivity contribution in [2.75, 3.05) is 13.2 Å². The van der Waals surface area contributed by atoms with Crippen molar-refractivity contribution in [3.63, 3.8) is 0 Å². The lowest BCUT2D eigenvalue weighted by atomic mass is 10.1. The molecule has 0 saturated carbocycles. The summed E-state index contributed by atoms with van der Waals surface area (Å²) < 4.78 is 12.0. The second-order valence-corrected chi connectivity index (χ2v) is 7.40. The lowest BCUT2D eigenvalue weighted by Gasteiger charge is -2.15. The third-order valence-electron chi connectivity index (χ3n) is 5.10. The van der Waals surface area contributed by atoms with E-state index in [4.69, 9.17) is 9.47 Å². The molecule has 0 fully saturated rings. The fourth-order valence-corrected chi connectivity index (χ4v) is 3.45. The number of hydrogen-bond acceptors (Lipinski definition) is 3. The first-order valence-electron chi connectivity index (χ1n) is 10.7. The van der Waals surface area contributed by atoms with E-state index in [1.165, 1.54) is 51.4 Å². The second kappa shape index (κ2) is 12.0. The molecule has 0 bridgehead atoms. The van der Waals surface area contributed by atoms with Crippen LogP contribution in [0.3, 0.4) is 0 Å². The summed E-state index contributed by atoms with van der Waals surface area (Å²) >= 11 is 0. The first-order chi connectivity index (χ1) is 12.8. The molecule has 0 aromatic heterocycles. The molecule has 0 heterocycles. The van der Waals surface area contributed by atoms with Gasteiger partial charge in [-0.15, -0.1) is 0 Å². The van der Waals surface area contributed by atoms with Crippen LogP contribution in [-0.4, -0.2) is 19.0 Å². The van der Waals surface area contributed by atoms with Crippen molar-refractivity contribution in [2.45, 2.75) is 90.9 Å². The summed E-state index contributed by atoms with van der Waals surface area (Å²) in [5, 5.41) is 0. The van der Waals surface area contributed by atoms with Gasteiger partial charge in [0.25, 0.3) is 0 Å². The fraction of sp³-hybridized carbons (Fsp3) is 0.696. The number of hydrogen-bond donors (Lipinski definition) is 0. The van der Waals surface area contributed by atoms with Crippen molar-refractivity contribution < 1.29 is 14.3 Å². The lowest BCUT2D eigenvalue weighted by Crippen LogP contribution is -2.04. The van der Waals surface area contributed by atoms with Gasteiger partial charge in [-0.05, 0) is 37.0 Å². The normalized spacial score (nSPS) is 13.1. The van der Waals surface area contributed by atoms with E-state index in [0.717, 1.165) is 48.5 Å². The molecular weight excluding hydrogens is 324 g/mol. The van der Waals surface area contributed by atoms with Gasteiger partial charge in [0, 0.05) is 12.0 Å². The Kier molecular flexibility index (Phi) is 9.58. The van der Waals surface area contributed by atoms with Gasteiger partial charge in [0.05, 0.1) is 13.2 Å². The summed E-state index contributed by atoms with van der Waals surface area (Å²) in [6, 6.07) is 3.96. The van der Waals surface area contributed by atoms with Crippen molar-refractivity contribution in [3.05, 3.63) is 23.3 Å². The molecule has 3 heteroatoms. The number of Topliss-reactive ketones (excluding diaryl/α,β-unsaturated/α-hetero) is 1. The quantitative estimate of drug-likeness (QED) is 0.355. The predicted octanol–water partition coefficient (Wildman–Crippen LogP) is 6.51. The van der Waals surface area contributed by atoms with E-state index in [9.17, 15) is 4.79 Å². The van der Waals surface area contributed by atoms with Gasteiger partial charge in [-0.2, -0.15) is 0 Å². The van der Waals surface area contributed by atoms with Crippen molar-refractivity contribution in [2.24, 2.45) is 0 Å². The zero-order chi connectivity index (χ0) is 18.6. The molecule has 0 spiro atoms. The van der Waals surface area contributed by atoms with Crippen LogP contribution in [0.25, 0.3) is 0 Å². The molecule has 1 aliphatic carbocycles. The summed E-state index contributed by atoms with van der Waals surface area (Å²) in [6.07, 6.45) is 13.6. The molecule has 0 unspecified atom stereocenters. The van der Waals surface area contributed by atoms with Gasteiger partial charge in [0.15, 0.2) is 17.3 Å². The Morgan fingerprint density at radius 3 is 1.85 bits per heavy atom. The number of carbonyl (C=O) groups is 1. The van der Waals surface area contributed by atoms with Crippen LogP contribution in [0.1, 0.15) is 100 Å². The van der Waals surface area contributed by atoms with Gasteiger partial charge in [-0.25, -0.2) is 0 Å². The van der Waals surface area contributed by atoms with Gasteiger partial charge in [-0.3, -0.25) is 4.79 Å². The summed E-state index contributed by atoms with van der Waals surface area (Å²) in [4.78, 5) is 12.0. The van der Waals surface area contributed by atoms with Crippen LogP contribution >= 0.6 is 0 Å². The fourth-order valence-electron chi connectivity index (χ4n) is 3.45. The summed E-state index contributed by atoms with van der Waals surface area (Å²) in [5.74, 6) is 1.81. The SMILES string of the molecule is CCCCCCCOc1cc2c(cc1OCCCCCCC)C(=O)CC2. The van der Waals surface area contributed by atoms with Crippen molar-refractivity contribution in [1.29, 1.82) is 0 Å². The van der Waals surface area contributed by atoms with E-state index in [2.05, 4.69) is 13.8 Å². The third-order valence-corrected chi connectivity index (χ3v) is 5.10. The molecule has 0 saturated heterocycles. The topological polar surface area (TPSA) is 35.5 Å². The number of ketones is 1. The van der Waals surface area contributed by atoms with Crippen molar-refractivity contribution in [3.8, 4) is 11.5 Å². The molecule has 1 aromatic rings. The third kappa shape index (κ3) is 6.66. The number of rotatable bonds is 14. The standard InChI is InChI=1S/C23H36O3/c1-3-5-7-9-11-15-25-22-17-19-13-14-21(24)20(19)18-23(22)26-16-12-10-8-6-4-2/h17-18H,3-16H2,1-2H3. The van der Waals surface area contributed by atoms with Crippen LogP contribution < -0.4 is 9.47 Å². The van der Waals surface area contributed by atoms with Crippen LogP contribution in [0.5, 0.6) is 11.5 Å². The van der Waals surface area contributed by atoms with Crippen molar-refractivity contribution >= 4 is 5.78 Å². The van der Waals surface area contributed by atoms with Crippen LogP contribution in [0.2, 0.25) is 0 Å². The average molecular weight is 361 g/mol. The lowest BCUT2D eigenvalue weighted by molar-refractivity contribution is 0.0994. The first kappa shape index (κ1) is 20.8. The largest absolute Gasteiger partial charge is 0.490 e. The maximum Gasteiger partial charge on any atom is 0.163 e. The Bertz CT molecular complexity index is 551. The summed E-state index contributed by atoms with van der Waals surface area (Å²) in [6.45, 7) is 5.88. The molecule has 1 aromatic carbocycles. The van der Waals surface area contributed by atoms with E-state index in [1.54, 1.807) is 0 Å². The zero-order valence-corrected chi connectivity index (χ0v) is 16.8. The molecule has 0 radical (unpaired) electrons. The minimum Gasteiger partial charge on any atom is -0.490 e. The Morgan fingerprint density at radius 1 is 0.731 bits per heavy atom. The Balaban J connectivity index is 1.88. The number of benzene rings is 1. The maximum absolute atomic E-state index is 12.0. The van der Waals surface area contributed by atoms with Gasteiger partial charge in [0.1, 0.15) is 0 Å². The molecule has 0 atom stereocenters. The Morgan fingerprint density at radius 2 is 1.27 bits per heavy atom. The van der Waals surface area contributed by atoms with Gasteiger partial charge in [-0.1, -0.05) is 65.2 Å². The summed E-state index contributed by atoms with van der Waals surface area (Å²) in [5.41, 5.74) is 1.95.